The second-order valence-electron chi connectivity index (χ2n) is 5.05. The molecule has 1 amide bonds. The number of carbonyl (C=O) groups excluding carboxylic acids is 1. The zero-order valence-corrected chi connectivity index (χ0v) is 12.9. The number of nitrogens with zero attached hydrogens (tertiary/aromatic N) is 1. The molecular formula is C16H27N3O. The summed E-state index contributed by atoms with van der Waals surface area (Å²) < 4.78 is 0. The number of rotatable bonds is 8. The smallest absolute Gasteiger partial charge is 0.241 e. The van der Waals surface area contributed by atoms with E-state index in [0.29, 0.717) is 6.54 Å². The molecule has 20 heavy (non-hydrogen) atoms. The van der Waals surface area contributed by atoms with E-state index < -0.39 is 0 Å². The van der Waals surface area contributed by atoms with Crippen LogP contribution < -0.4 is 11.1 Å². The molecule has 1 atom stereocenters. The van der Waals surface area contributed by atoms with Crippen molar-refractivity contribution in [3.63, 3.8) is 0 Å². The Balaban J connectivity index is 2.58. The van der Waals surface area contributed by atoms with Gasteiger partial charge in [0.25, 0.3) is 0 Å². The summed E-state index contributed by atoms with van der Waals surface area (Å²) in [6.07, 6.45) is 2.27. The molecule has 0 aromatic heterocycles. The summed E-state index contributed by atoms with van der Waals surface area (Å²) in [4.78, 5) is 14.5. The van der Waals surface area contributed by atoms with Crippen LogP contribution in [-0.4, -0.2) is 29.9 Å². The lowest BCUT2D eigenvalue weighted by atomic mass is 10.2. The molecule has 3 N–H and O–H groups in total. The fourth-order valence-electron chi connectivity index (χ4n) is 2.12. The van der Waals surface area contributed by atoms with Gasteiger partial charge in [0.05, 0.1) is 6.04 Å². The van der Waals surface area contributed by atoms with Crippen LogP contribution >= 0.6 is 0 Å². The first-order valence-corrected chi connectivity index (χ1v) is 7.46. The average molecular weight is 277 g/mol. The van der Waals surface area contributed by atoms with Gasteiger partial charge < -0.3 is 11.1 Å². The Morgan fingerprint density at radius 2 is 1.95 bits per heavy atom. The van der Waals surface area contributed by atoms with Crippen molar-refractivity contribution in [1.29, 1.82) is 0 Å². The van der Waals surface area contributed by atoms with Gasteiger partial charge >= 0.3 is 0 Å². The zero-order valence-electron chi connectivity index (χ0n) is 12.9. The van der Waals surface area contributed by atoms with Crippen LogP contribution in [0.5, 0.6) is 0 Å². The van der Waals surface area contributed by atoms with Gasteiger partial charge in [-0.05, 0) is 44.1 Å². The highest BCUT2D eigenvalue weighted by Gasteiger charge is 2.19. The predicted molar refractivity (Wildman–Crippen MR) is 84.6 cm³/mol. The minimum absolute atomic E-state index is 0.0449. The molecule has 0 aliphatic heterocycles. The van der Waals surface area contributed by atoms with Crippen molar-refractivity contribution in [3.05, 3.63) is 29.8 Å². The van der Waals surface area contributed by atoms with Gasteiger partial charge in [0.15, 0.2) is 0 Å². The summed E-state index contributed by atoms with van der Waals surface area (Å²) in [6.45, 7) is 8.59. The third-order valence-corrected chi connectivity index (χ3v) is 3.59. The second kappa shape index (κ2) is 8.72. The molecule has 0 aliphatic rings. The topological polar surface area (TPSA) is 58.4 Å². The van der Waals surface area contributed by atoms with Crippen molar-refractivity contribution in [2.45, 2.75) is 46.2 Å². The summed E-state index contributed by atoms with van der Waals surface area (Å²) in [5.41, 5.74) is 7.45. The van der Waals surface area contributed by atoms with Crippen LogP contribution in [0.1, 0.15) is 39.2 Å². The number of likely N-dealkylation sites (N-methyl/N-ethyl adjacent to an activating group) is 1. The second-order valence-corrected chi connectivity index (χ2v) is 5.05. The van der Waals surface area contributed by atoms with Gasteiger partial charge in [0.2, 0.25) is 5.91 Å². The summed E-state index contributed by atoms with van der Waals surface area (Å²) in [6, 6.07) is 7.56. The molecule has 0 heterocycles. The van der Waals surface area contributed by atoms with Crippen LogP contribution in [0.2, 0.25) is 0 Å². The Morgan fingerprint density at radius 3 is 2.45 bits per heavy atom. The molecule has 0 spiro atoms. The highest BCUT2D eigenvalue weighted by atomic mass is 16.2. The maximum atomic E-state index is 12.3. The molecule has 0 aliphatic carbocycles. The van der Waals surface area contributed by atoms with E-state index in [9.17, 15) is 4.79 Å². The normalized spacial score (nSPS) is 12.4. The molecule has 112 valence electrons. The Bertz CT molecular complexity index is 403. The Hall–Kier alpha value is -1.39. The van der Waals surface area contributed by atoms with Crippen LogP contribution in [0.3, 0.4) is 0 Å². The van der Waals surface area contributed by atoms with Crippen LogP contribution in [0, 0.1) is 0 Å². The van der Waals surface area contributed by atoms with Crippen molar-refractivity contribution in [2.24, 2.45) is 5.73 Å². The quantitative estimate of drug-likeness (QED) is 0.768. The third-order valence-electron chi connectivity index (χ3n) is 3.59. The highest BCUT2D eigenvalue weighted by Crippen LogP contribution is 2.11. The third kappa shape index (κ3) is 4.94. The van der Waals surface area contributed by atoms with Crippen LogP contribution in [0.4, 0.5) is 5.69 Å². The molecule has 1 aromatic rings. The summed E-state index contributed by atoms with van der Waals surface area (Å²) in [5, 5.41) is 2.96. The Labute approximate surface area is 122 Å². The van der Waals surface area contributed by atoms with Crippen molar-refractivity contribution < 1.29 is 4.79 Å². The molecule has 4 heteroatoms. The molecule has 0 saturated heterocycles. The first-order valence-electron chi connectivity index (χ1n) is 7.46. The van der Waals surface area contributed by atoms with E-state index in [1.54, 1.807) is 0 Å². The van der Waals surface area contributed by atoms with Crippen LogP contribution in [0.15, 0.2) is 24.3 Å². The number of carbonyl (C=O) groups is 1. The lowest BCUT2D eigenvalue weighted by molar-refractivity contribution is -0.120. The number of nitrogens with one attached hydrogen (secondary N) is 1. The Morgan fingerprint density at radius 1 is 1.30 bits per heavy atom. The summed E-state index contributed by atoms with van der Waals surface area (Å²) in [5.74, 6) is 0.0449. The van der Waals surface area contributed by atoms with Crippen molar-refractivity contribution >= 4 is 11.6 Å². The first-order chi connectivity index (χ1) is 9.62. The minimum Gasteiger partial charge on any atom is -0.326 e. The molecule has 4 nitrogen and oxygen atoms in total. The van der Waals surface area contributed by atoms with E-state index in [2.05, 4.69) is 24.1 Å². The lowest BCUT2D eigenvalue weighted by Gasteiger charge is -2.26. The number of amides is 1. The molecule has 0 radical (unpaired) electrons. The average Bonchev–Trinajstić information content (AvgIpc) is 2.48. The number of benzene rings is 1. The highest BCUT2D eigenvalue weighted by molar-refractivity contribution is 5.94. The molecule has 0 fully saturated rings. The molecular weight excluding hydrogens is 250 g/mol. The molecule has 1 aromatic carbocycles. The first kappa shape index (κ1) is 16.7. The van der Waals surface area contributed by atoms with Crippen LogP contribution in [0.25, 0.3) is 0 Å². The number of anilines is 1. The van der Waals surface area contributed by atoms with Crippen molar-refractivity contribution in [1.82, 2.24) is 4.90 Å². The lowest BCUT2D eigenvalue weighted by Crippen LogP contribution is -2.42. The van der Waals surface area contributed by atoms with Gasteiger partial charge in [-0.1, -0.05) is 32.4 Å². The number of hydrogen-bond donors (Lipinski definition) is 2. The summed E-state index contributed by atoms with van der Waals surface area (Å²) in [7, 11) is 0. The van der Waals surface area contributed by atoms with Gasteiger partial charge in [0.1, 0.15) is 0 Å². The fraction of sp³-hybridized carbons (Fsp3) is 0.562. The van der Waals surface area contributed by atoms with E-state index in [1.165, 1.54) is 0 Å². The van der Waals surface area contributed by atoms with Gasteiger partial charge in [-0.15, -0.1) is 0 Å². The molecule has 0 bridgehead atoms. The summed E-state index contributed by atoms with van der Waals surface area (Å²) >= 11 is 0. The SMILES string of the molecule is CCCCN(CC)C(C)C(=O)Nc1ccc(CN)cc1. The van der Waals surface area contributed by atoms with Gasteiger partial charge in [-0.2, -0.15) is 0 Å². The van der Waals surface area contributed by atoms with E-state index >= 15 is 0 Å². The van der Waals surface area contributed by atoms with E-state index in [0.717, 1.165) is 37.2 Å². The monoisotopic (exact) mass is 277 g/mol. The number of hydrogen-bond acceptors (Lipinski definition) is 3. The van der Waals surface area contributed by atoms with Crippen molar-refractivity contribution in [2.75, 3.05) is 18.4 Å². The maximum Gasteiger partial charge on any atom is 0.241 e. The molecule has 0 saturated carbocycles. The molecule has 1 rings (SSSR count). The van der Waals surface area contributed by atoms with E-state index in [4.69, 9.17) is 5.73 Å². The molecule has 1 unspecified atom stereocenters. The zero-order chi connectivity index (χ0) is 15.0. The predicted octanol–water partition coefficient (Wildman–Crippen LogP) is 2.59. The Kier molecular flexibility index (Phi) is 7.26. The van der Waals surface area contributed by atoms with Gasteiger partial charge in [0, 0.05) is 12.2 Å². The van der Waals surface area contributed by atoms with Gasteiger partial charge in [-0.3, -0.25) is 9.69 Å². The minimum atomic E-state index is -0.110. The maximum absolute atomic E-state index is 12.3. The van der Waals surface area contributed by atoms with E-state index in [1.807, 2.05) is 31.2 Å². The number of nitrogens with two attached hydrogens (primary N) is 1. The van der Waals surface area contributed by atoms with Gasteiger partial charge in [-0.25, -0.2) is 0 Å². The van der Waals surface area contributed by atoms with Crippen molar-refractivity contribution in [3.8, 4) is 0 Å². The number of unbranched alkanes of at least 4 members (excludes halogenated alkanes) is 1. The van der Waals surface area contributed by atoms with Crippen LogP contribution in [-0.2, 0) is 11.3 Å². The largest absolute Gasteiger partial charge is 0.326 e. The standard InChI is InChI=1S/C16H27N3O/c1-4-6-11-19(5-2)13(3)16(20)18-15-9-7-14(12-17)8-10-15/h7-10,13H,4-6,11-12,17H2,1-3H3,(H,18,20). The van der Waals surface area contributed by atoms with E-state index in [-0.39, 0.29) is 11.9 Å². The fourth-order valence-corrected chi connectivity index (χ4v) is 2.12.